The fourth-order valence-electron chi connectivity index (χ4n) is 2.83. The van der Waals surface area contributed by atoms with Crippen LogP contribution in [0.1, 0.15) is 11.1 Å². The van der Waals surface area contributed by atoms with Crippen LogP contribution in [0, 0.1) is 0 Å². The fraction of sp³-hybridized carbons (Fsp3) is 0.182. The van der Waals surface area contributed by atoms with Crippen molar-refractivity contribution in [3.63, 3.8) is 0 Å². The number of carbonyl (C=O) groups excluding carboxylic acids is 1. The summed E-state index contributed by atoms with van der Waals surface area (Å²) in [6.07, 6.45) is 3.41. The molecule has 0 spiro atoms. The van der Waals surface area contributed by atoms with Crippen LogP contribution in [0.15, 0.2) is 72.1 Å². The van der Waals surface area contributed by atoms with Crippen LogP contribution in [-0.4, -0.2) is 38.4 Å². The normalized spacial score (nSPS) is 10.7. The molecule has 158 valence electrons. The smallest absolute Gasteiger partial charge is 0.253 e. The van der Waals surface area contributed by atoms with Crippen molar-refractivity contribution in [1.29, 1.82) is 0 Å². The molecular formula is C22H21N5O3S. The lowest BCUT2D eigenvalue weighted by molar-refractivity contribution is -0.118. The Morgan fingerprint density at radius 1 is 1.10 bits per heavy atom. The Bertz CT molecular complexity index is 1130. The second-order valence-corrected chi connectivity index (χ2v) is 7.53. The van der Waals surface area contributed by atoms with Crippen molar-refractivity contribution in [3.8, 4) is 11.5 Å². The summed E-state index contributed by atoms with van der Waals surface area (Å²) in [7, 11) is 1.60. The number of ether oxygens (including phenoxy) is 2. The molecule has 4 rings (SSSR count). The maximum atomic E-state index is 12.2. The number of nitrogens with zero attached hydrogens (tertiary/aromatic N) is 4. The highest BCUT2D eigenvalue weighted by Gasteiger charge is 2.10. The van der Waals surface area contributed by atoms with E-state index in [1.165, 1.54) is 11.8 Å². The maximum Gasteiger partial charge on any atom is 0.253 e. The first-order valence-corrected chi connectivity index (χ1v) is 10.6. The van der Waals surface area contributed by atoms with Crippen molar-refractivity contribution in [2.75, 3.05) is 12.9 Å². The molecule has 4 aromatic rings. The van der Waals surface area contributed by atoms with Crippen LogP contribution in [0.25, 0.3) is 5.78 Å². The van der Waals surface area contributed by atoms with Gasteiger partial charge in [-0.05, 0) is 29.3 Å². The van der Waals surface area contributed by atoms with Gasteiger partial charge in [0.05, 0.1) is 12.9 Å². The molecule has 0 saturated heterocycles. The summed E-state index contributed by atoms with van der Waals surface area (Å²) in [6, 6.07) is 17.3. The van der Waals surface area contributed by atoms with Crippen LogP contribution >= 0.6 is 11.8 Å². The molecule has 0 fully saturated rings. The number of nitrogens with one attached hydrogen (secondary N) is 1. The summed E-state index contributed by atoms with van der Waals surface area (Å²) in [6.45, 7) is 0.839. The molecule has 0 bridgehead atoms. The van der Waals surface area contributed by atoms with E-state index in [0.29, 0.717) is 35.6 Å². The van der Waals surface area contributed by atoms with Gasteiger partial charge < -0.3 is 14.8 Å². The second-order valence-electron chi connectivity index (χ2n) is 6.58. The van der Waals surface area contributed by atoms with Crippen LogP contribution in [0.4, 0.5) is 0 Å². The predicted octanol–water partition coefficient (Wildman–Crippen LogP) is 3.12. The number of aromatic nitrogens is 4. The Morgan fingerprint density at radius 2 is 1.97 bits per heavy atom. The molecule has 0 radical (unpaired) electrons. The van der Waals surface area contributed by atoms with Gasteiger partial charge >= 0.3 is 0 Å². The Balaban J connectivity index is 1.28. The Labute approximate surface area is 183 Å². The summed E-state index contributed by atoms with van der Waals surface area (Å²) in [5.74, 6) is 1.89. The molecule has 1 amide bonds. The third kappa shape index (κ3) is 5.52. The summed E-state index contributed by atoms with van der Waals surface area (Å²) in [5, 5.41) is 7.68. The topological polar surface area (TPSA) is 90.6 Å². The number of rotatable bonds is 9. The molecule has 2 heterocycles. The number of carbonyl (C=O) groups is 1. The molecule has 0 atom stereocenters. The first-order chi connectivity index (χ1) is 15.2. The molecule has 2 aromatic heterocycles. The van der Waals surface area contributed by atoms with Crippen LogP contribution in [0.2, 0.25) is 0 Å². The molecule has 1 N–H and O–H groups in total. The first-order valence-electron chi connectivity index (χ1n) is 9.62. The molecular weight excluding hydrogens is 414 g/mol. The summed E-state index contributed by atoms with van der Waals surface area (Å²) in [4.78, 5) is 20.6. The molecule has 8 nitrogen and oxygen atoms in total. The highest BCUT2D eigenvalue weighted by atomic mass is 32.2. The van der Waals surface area contributed by atoms with Crippen molar-refractivity contribution < 1.29 is 14.3 Å². The monoisotopic (exact) mass is 435 g/mol. The highest BCUT2D eigenvalue weighted by molar-refractivity contribution is 7.99. The molecule has 9 heteroatoms. The standard InChI is InChI=1S/C22H21N5O3S/c1-29-19-12-17(8-9-18(19)30-14-16-6-3-2-4-7-16)13-24-20(28)15-31-22-25-21-23-10-5-11-27(21)26-22/h2-12H,13-15H2,1H3,(H,24,28). The molecule has 0 aliphatic rings. The van der Waals surface area contributed by atoms with E-state index < -0.39 is 0 Å². The van der Waals surface area contributed by atoms with Crippen molar-refractivity contribution in [1.82, 2.24) is 24.9 Å². The molecule has 0 aliphatic heterocycles. The molecule has 0 saturated carbocycles. The van der Waals surface area contributed by atoms with Gasteiger partial charge in [-0.2, -0.15) is 4.98 Å². The second kappa shape index (κ2) is 9.94. The predicted molar refractivity (Wildman–Crippen MR) is 117 cm³/mol. The summed E-state index contributed by atoms with van der Waals surface area (Å²) < 4.78 is 12.9. The van der Waals surface area contributed by atoms with Gasteiger partial charge in [-0.1, -0.05) is 48.2 Å². The summed E-state index contributed by atoms with van der Waals surface area (Å²) in [5.41, 5.74) is 1.99. The number of hydrogen-bond donors (Lipinski definition) is 1. The van der Waals surface area contributed by atoms with Crippen molar-refractivity contribution in [2.24, 2.45) is 0 Å². The van der Waals surface area contributed by atoms with Crippen molar-refractivity contribution in [3.05, 3.63) is 78.1 Å². The zero-order chi connectivity index (χ0) is 21.5. The SMILES string of the molecule is COc1cc(CNC(=O)CSc2nc3ncccn3n2)ccc1OCc1ccccc1. The van der Waals surface area contributed by atoms with E-state index in [-0.39, 0.29) is 11.7 Å². The number of thioether (sulfide) groups is 1. The Kier molecular flexibility index (Phi) is 6.63. The molecule has 31 heavy (non-hydrogen) atoms. The van der Waals surface area contributed by atoms with Crippen LogP contribution in [-0.2, 0) is 17.9 Å². The van der Waals surface area contributed by atoms with Gasteiger partial charge in [0.25, 0.3) is 5.78 Å². The number of amides is 1. The van der Waals surface area contributed by atoms with Crippen LogP contribution < -0.4 is 14.8 Å². The van der Waals surface area contributed by atoms with E-state index >= 15 is 0 Å². The minimum Gasteiger partial charge on any atom is -0.493 e. The van der Waals surface area contributed by atoms with Gasteiger partial charge in [0.15, 0.2) is 11.5 Å². The van der Waals surface area contributed by atoms with E-state index in [2.05, 4.69) is 20.4 Å². The van der Waals surface area contributed by atoms with E-state index in [9.17, 15) is 4.79 Å². The van der Waals surface area contributed by atoms with Gasteiger partial charge in [0, 0.05) is 18.9 Å². The lowest BCUT2D eigenvalue weighted by Crippen LogP contribution is -2.24. The Morgan fingerprint density at radius 3 is 2.77 bits per heavy atom. The van der Waals surface area contributed by atoms with E-state index in [0.717, 1.165) is 11.1 Å². The van der Waals surface area contributed by atoms with Gasteiger partial charge in [-0.15, -0.1) is 5.10 Å². The van der Waals surface area contributed by atoms with E-state index in [1.54, 1.807) is 30.1 Å². The van der Waals surface area contributed by atoms with Gasteiger partial charge in [0.2, 0.25) is 11.1 Å². The quantitative estimate of drug-likeness (QED) is 0.404. The highest BCUT2D eigenvalue weighted by Crippen LogP contribution is 2.29. The van der Waals surface area contributed by atoms with Crippen LogP contribution in [0.5, 0.6) is 11.5 Å². The number of fused-ring (bicyclic) bond motifs is 1. The Hall–Kier alpha value is -3.59. The van der Waals surface area contributed by atoms with E-state index in [1.807, 2.05) is 48.5 Å². The van der Waals surface area contributed by atoms with E-state index in [4.69, 9.17) is 9.47 Å². The van der Waals surface area contributed by atoms with Crippen LogP contribution in [0.3, 0.4) is 0 Å². The van der Waals surface area contributed by atoms with Gasteiger partial charge in [-0.3, -0.25) is 4.79 Å². The minimum atomic E-state index is -0.111. The average molecular weight is 436 g/mol. The summed E-state index contributed by atoms with van der Waals surface area (Å²) >= 11 is 1.26. The lowest BCUT2D eigenvalue weighted by atomic mass is 10.2. The van der Waals surface area contributed by atoms with Crippen molar-refractivity contribution in [2.45, 2.75) is 18.3 Å². The van der Waals surface area contributed by atoms with Crippen molar-refractivity contribution >= 4 is 23.4 Å². The molecule has 2 aromatic carbocycles. The number of methoxy groups -OCH3 is 1. The zero-order valence-electron chi connectivity index (χ0n) is 16.9. The van der Waals surface area contributed by atoms with Gasteiger partial charge in [0.1, 0.15) is 6.61 Å². The third-order valence-electron chi connectivity index (χ3n) is 4.38. The number of benzene rings is 2. The lowest BCUT2D eigenvalue weighted by Gasteiger charge is -2.13. The maximum absolute atomic E-state index is 12.2. The minimum absolute atomic E-state index is 0.111. The molecule has 0 unspecified atom stereocenters. The third-order valence-corrected chi connectivity index (χ3v) is 5.22. The molecule has 0 aliphatic carbocycles. The first kappa shape index (κ1) is 20.7. The average Bonchev–Trinajstić information content (AvgIpc) is 3.24. The van der Waals surface area contributed by atoms with Gasteiger partial charge in [-0.25, -0.2) is 9.50 Å². The fourth-order valence-corrected chi connectivity index (χ4v) is 3.49. The number of hydrogen-bond acceptors (Lipinski definition) is 7. The zero-order valence-corrected chi connectivity index (χ0v) is 17.7. The largest absolute Gasteiger partial charge is 0.493 e.